The monoisotopic (exact) mass is 196 g/mol. The van der Waals surface area contributed by atoms with Gasteiger partial charge in [-0.15, -0.1) is 0 Å². The molecule has 13 heavy (non-hydrogen) atoms. The standard InChI is InChI=1S/C10H9ClO2/c1-2-9(12)7-3-5-8(6-4-7)10(11)13/h2-3,5-7H,1,4H2. The van der Waals surface area contributed by atoms with Gasteiger partial charge in [-0.2, -0.15) is 0 Å². The third-order valence-electron chi connectivity index (χ3n) is 1.89. The third kappa shape index (κ3) is 2.39. The average Bonchev–Trinajstić information content (AvgIpc) is 2.17. The summed E-state index contributed by atoms with van der Waals surface area (Å²) < 4.78 is 0. The largest absolute Gasteiger partial charge is 0.294 e. The summed E-state index contributed by atoms with van der Waals surface area (Å²) in [5.41, 5.74) is 0.453. The van der Waals surface area contributed by atoms with Gasteiger partial charge in [-0.1, -0.05) is 24.8 Å². The molecule has 2 nitrogen and oxygen atoms in total. The normalized spacial score (nSPS) is 20.7. The van der Waals surface area contributed by atoms with Gasteiger partial charge in [0.1, 0.15) is 0 Å². The van der Waals surface area contributed by atoms with Gasteiger partial charge in [-0.25, -0.2) is 0 Å². The van der Waals surface area contributed by atoms with E-state index in [0.717, 1.165) is 0 Å². The van der Waals surface area contributed by atoms with E-state index in [4.69, 9.17) is 11.6 Å². The van der Waals surface area contributed by atoms with Crippen LogP contribution in [-0.4, -0.2) is 11.0 Å². The zero-order valence-electron chi connectivity index (χ0n) is 7.00. The zero-order valence-corrected chi connectivity index (χ0v) is 7.75. The van der Waals surface area contributed by atoms with Gasteiger partial charge < -0.3 is 0 Å². The Labute approximate surface area is 81.6 Å². The second kappa shape index (κ2) is 4.19. The van der Waals surface area contributed by atoms with Crippen LogP contribution in [0.15, 0.2) is 36.5 Å². The highest BCUT2D eigenvalue weighted by Gasteiger charge is 2.16. The summed E-state index contributed by atoms with van der Waals surface area (Å²) in [5, 5.41) is -0.485. The second-order valence-corrected chi connectivity index (χ2v) is 3.08. The molecule has 68 valence electrons. The fraction of sp³-hybridized carbons (Fsp3) is 0.200. The molecule has 0 aliphatic heterocycles. The first-order valence-corrected chi connectivity index (χ1v) is 4.27. The highest BCUT2D eigenvalue weighted by Crippen LogP contribution is 2.18. The molecule has 1 aliphatic carbocycles. The molecule has 1 atom stereocenters. The summed E-state index contributed by atoms with van der Waals surface area (Å²) in [6.07, 6.45) is 6.73. The number of halogens is 1. The van der Waals surface area contributed by atoms with Crippen molar-refractivity contribution in [1.29, 1.82) is 0 Å². The number of hydrogen-bond acceptors (Lipinski definition) is 2. The molecule has 0 bridgehead atoms. The van der Waals surface area contributed by atoms with E-state index in [2.05, 4.69) is 6.58 Å². The number of allylic oxidation sites excluding steroid dienone is 5. The predicted octanol–water partition coefficient (Wildman–Crippen LogP) is 2.01. The average molecular weight is 197 g/mol. The van der Waals surface area contributed by atoms with Crippen molar-refractivity contribution in [2.45, 2.75) is 6.42 Å². The van der Waals surface area contributed by atoms with Crippen LogP contribution in [0.4, 0.5) is 0 Å². The molecular formula is C10H9ClO2. The van der Waals surface area contributed by atoms with Crippen LogP contribution < -0.4 is 0 Å². The van der Waals surface area contributed by atoms with E-state index in [1.54, 1.807) is 18.2 Å². The first-order chi connectivity index (χ1) is 6.15. The van der Waals surface area contributed by atoms with Crippen molar-refractivity contribution in [3.63, 3.8) is 0 Å². The van der Waals surface area contributed by atoms with E-state index in [9.17, 15) is 9.59 Å². The van der Waals surface area contributed by atoms with Gasteiger partial charge in [0, 0.05) is 11.5 Å². The molecular weight excluding hydrogens is 188 g/mol. The van der Waals surface area contributed by atoms with Gasteiger partial charge in [0.2, 0.25) is 0 Å². The number of rotatable bonds is 3. The molecule has 1 unspecified atom stereocenters. The Morgan fingerprint density at radius 3 is 2.69 bits per heavy atom. The molecule has 0 aromatic carbocycles. The maximum Gasteiger partial charge on any atom is 0.252 e. The van der Waals surface area contributed by atoms with Gasteiger partial charge in [0.15, 0.2) is 5.78 Å². The molecule has 1 aliphatic rings. The summed E-state index contributed by atoms with van der Waals surface area (Å²) in [4.78, 5) is 21.8. The van der Waals surface area contributed by atoms with Gasteiger partial charge in [-0.3, -0.25) is 9.59 Å². The van der Waals surface area contributed by atoms with Crippen molar-refractivity contribution >= 4 is 22.6 Å². The Morgan fingerprint density at radius 2 is 2.31 bits per heavy atom. The summed E-state index contributed by atoms with van der Waals surface area (Å²) >= 11 is 5.25. The van der Waals surface area contributed by atoms with E-state index < -0.39 is 5.24 Å². The van der Waals surface area contributed by atoms with Crippen molar-refractivity contribution in [2.24, 2.45) is 5.92 Å². The number of carbonyl (C=O) groups is 2. The molecule has 0 amide bonds. The van der Waals surface area contributed by atoms with E-state index in [1.807, 2.05) is 0 Å². The van der Waals surface area contributed by atoms with Crippen molar-refractivity contribution in [3.05, 3.63) is 36.5 Å². The van der Waals surface area contributed by atoms with Gasteiger partial charge in [0.25, 0.3) is 5.24 Å². The lowest BCUT2D eigenvalue weighted by atomic mass is 9.93. The third-order valence-corrected chi connectivity index (χ3v) is 2.11. The fourth-order valence-electron chi connectivity index (χ4n) is 1.13. The minimum Gasteiger partial charge on any atom is -0.294 e. The van der Waals surface area contributed by atoms with E-state index in [-0.39, 0.29) is 11.7 Å². The Bertz CT molecular complexity index is 313. The van der Waals surface area contributed by atoms with E-state index in [1.165, 1.54) is 6.08 Å². The highest BCUT2D eigenvalue weighted by molar-refractivity contribution is 6.68. The van der Waals surface area contributed by atoms with E-state index in [0.29, 0.717) is 12.0 Å². The van der Waals surface area contributed by atoms with Crippen LogP contribution in [0.3, 0.4) is 0 Å². The maximum atomic E-state index is 11.1. The zero-order chi connectivity index (χ0) is 9.84. The molecule has 0 heterocycles. The molecule has 3 heteroatoms. The van der Waals surface area contributed by atoms with Crippen molar-refractivity contribution in [1.82, 2.24) is 0 Å². The summed E-state index contributed by atoms with van der Waals surface area (Å²) in [7, 11) is 0. The first-order valence-electron chi connectivity index (χ1n) is 3.89. The van der Waals surface area contributed by atoms with Gasteiger partial charge in [-0.05, 0) is 24.1 Å². The van der Waals surface area contributed by atoms with Gasteiger partial charge >= 0.3 is 0 Å². The number of hydrogen-bond donors (Lipinski definition) is 0. The van der Waals surface area contributed by atoms with Gasteiger partial charge in [0.05, 0.1) is 0 Å². The Hall–Kier alpha value is -1.15. The van der Waals surface area contributed by atoms with Crippen LogP contribution in [0, 0.1) is 5.92 Å². The lowest BCUT2D eigenvalue weighted by Gasteiger charge is -2.10. The predicted molar refractivity (Wildman–Crippen MR) is 51.4 cm³/mol. The quantitative estimate of drug-likeness (QED) is 0.511. The molecule has 0 saturated heterocycles. The Morgan fingerprint density at radius 1 is 1.62 bits per heavy atom. The lowest BCUT2D eigenvalue weighted by molar-refractivity contribution is -0.117. The van der Waals surface area contributed by atoms with Crippen LogP contribution in [0.25, 0.3) is 0 Å². The van der Waals surface area contributed by atoms with Crippen molar-refractivity contribution in [3.8, 4) is 0 Å². The molecule has 0 aromatic rings. The second-order valence-electron chi connectivity index (χ2n) is 2.74. The molecule has 0 radical (unpaired) electrons. The minimum absolute atomic E-state index is 0.0337. The number of ketones is 1. The lowest BCUT2D eigenvalue weighted by Crippen LogP contribution is -2.11. The molecule has 0 aromatic heterocycles. The van der Waals surface area contributed by atoms with Crippen LogP contribution in [0.1, 0.15) is 6.42 Å². The topological polar surface area (TPSA) is 34.1 Å². The molecule has 0 saturated carbocycles. The van der Waals surface area contributed by atoms with Crippen LogP contribution >= 0.6 is 11.6 Å². The maximum absolute atomic E-state index is 11.1. The summed E-state index contributed by atoms with van der Waals surface area (Å²) in [6.45, 7) is 3.39. The minimum atomic E-state index is -0.485. The van der Waals surface area contributed by atoms with E-state index >= 15 is 0 Å². The van der Waals surface area contributed by atoms with Crippen LogP contribution in [-0.2, 0) is 9.59 Å². The first kappa shape index (κ1) is 9.93. The molecule has 0 N–H and O–H groups in total. The fourth-order valence-corrected chi connectivity index (χ4v) is 1.27. The molecule has 0 fully saturated rings. The summed E-state index contributed by atoms with van der Waals surface area (Å²) in [5.74, 6) is -0.217. The highest BCUT2D eigenvalue weighted by atomic mass is 35.5. The number of carbonyl (C=O) groups excluding carboxylic acids is 2. The Kier molecular flexibility index (Phi) is 3.20. The Balaban J connectivity index is 2.68. The van der Waals surface area contributed by atoms with Crippen molar-refractivity contribution in [2.75, 3.05) is 0 Å². The molecule has 1 rings (SSSR count). The SMILES string of the molecule is C=CC(=O)C1C=CC(C(=O)Cl)=CC1. The van der Waals surface area contributed by atoms with Crippen LogP contribution in [0.2, 0.25) is 0 Å². The smallest absolute Gasteiger partial charge is 0.252 e. The molecule has 0 spiro atoms. The van der Waals surface area contributed by atoms with Crippen LogP contribution in [0.5, 0.6) is 0 Å². The van der Waals surface area contributed by atoms with Crippen molar-refractivity contribution < 1.29 is 9.59 Å². The summed E-state index contributed by atoms with van der Waals surface area (Å²) in [6, 6.07) is 0.